The van der Waals surface area contributed by atoms with E-state index in [2.05, 4.69) is 20.8 Å². The van der Waals surface area contributed by atoms with Crippen LogP contribution < -0.4 is 0 Å². The molecule has 1 N–H and O–H groups in total. The van der Waals surface area contributed by atoms with Crippen LogP contribution in [0.2, 0.25) is 5.02 Å². The molecule has 1 fully saturated rings. The molecule has 2 rings (SSSR count). The van der Waals surface area contributed by atoms with Crippen LogP contribution in [-0.2, 0) is 4.79 Å². The molecule has 1 aliphatic carbocycles. The molecule has 21 heavy (non-hydrogen) atoms. The predicted molar refractivity (Wildman–Crippen MR) is 82.1 cm³/mol. The molecular weight excluding hydrogens is 291 g/mol. The van der Waals surface area contributed by atoms with Crippen molar-refractivity contribution < 1.29 is 14.3 Å². The van der Waals surface area contributed by atoms with E-state index in [0.717, 1.165) is 6.42 Å². The Morgan fingerprint density at radius 1 is 1.33 bits per heavy atom. The third-order valence-electron chi connectivity index (χ3n) is 4.75. The number of aliphatic carboxylic acids is 1. The molecule has 3 atom stereocenters. The van der Waals surface area contributed by atoms with Gasteiger partial charge in [0.15, 0.2) is 0 Å². The van der Waals surface area contributed by atoms with Crippen LogP contribution in [0.1, 0.15) is 51.5 Å². The number of carboxylic acids is 1. The maximum atomic E-state index is 14.2. The van der Waals surface area contributed by atoms with Crippen molar-refractivity contribution in [1.82, 2.24) is 0 Å². The van der Waals surface area contributed by atoms with Gasteiger partial charge >= 0.3 is 5.97 Å². The van der Waals surface area contributed by atoms with Crippen LogP contribution in [0.5, 0.6) is 0 Å². The van der Waals surface area contributed by atoms with Gasteiger partial charge in [-0.25, -0.2) is 4.39 Å². The molecule has 0 saturated heterocycles. The molecule has 0 spiro atoms. The summed E-state index contributed by atoms with van der Waals surface area (Å²) in [5.41, 5.74) is 0.589. The lowest BCUT2D eigenvalue weighted by Crippen LogP contribution is -2.34. The lowest BCUT2D eigenvalue weighted by Gasteiger charge is -2.40. The summed E-state index contributed by atoms with van der Waals surface area (Å²) < 4.78 is 14.2. The van der Waals surface area contributed by atoms with E-state index >= 15 is 0 Å². The van der Waals surface area contributed by atoms with Gasteiger partial charge in [0.05, 0.1) is 5.92 Å². The Hall–Kier alpha value is -1.09. The van der Waals surface area contributed by atoms with E-state index in [1.807, 2.05) is 0 Å². The summed E-state index contributed by atoms with van der Waals surface area (Å²) in [6.07, 6.45) is 2.19. The number of rotatable bonds is 2. The summed E-state index contributed by atoms with van der Waals surface area (Å²) in [6.45, 7) is 6.48. The van der Waals surface area contributed by atoms with Crippen molar-refractivity contribution >= 4 is 17.6 Å². The van der Waals surface area contributed by atoms with E-state index in [-0.39, 0.29) is 11.3 Å². The number of carboxylic acid groups (broad SMARTS) is 1. The van der Waals surface area contributed by atoms with Gasteiger partial charge in [-0.1, -0.05) is 38.4 Å². The van der Waals surface area contributed by atoms with Gasteiger partial charge in [0.1, 0.15) is 5.82 Å². The number of benzene rings is 1. The highest BCUT2D eigenvalue weighted by Gasteiger charge is 2.40. The zero-order valence-electron chi connectivity index (χ0n) is 12.7. The van der Waals surface area contributed by atoms with Gasteiger partial charge in [-0.3, -0.25) is 4.79 Å². The van der Waals surface area contributed by atoms with E-state index in [9.17, 15) is 14.3 Å². The monoisotopic (exact) mass is 312 g/mol. The number of carbonyl (C=O) groups is 1. The summed E-state index contributed by atoms with van der Waals surface area (Å²) in [7, 11) is 0. The van der Waals surface area contributed by atoms with Crippen LogP contribution in [-0.4, -0.2) is 11.1 Å². The van der Waals surface area contributed by atoms with Gasteiger partial charge in [-0.15, -0.1) is 0 Å². The first kappa shape index (κ1) is 16.3. The first-order valence-corrected chi connectivity index (χ1v) is 7.75. The van der Waals surface area contributed by atoms with Crippen LogP contribution in [0.3, 0.4) is 0 Å². The normalized spacial score (nSPS) is 26.6. The Bertz CT molecular complexity index is 536. The maximum Gasteiger partial charge on any atom is 0.307 e. The second-order valence-corrected chi connectivity index (χ2v) is 7.53. The number of hydrogen-bond acceptors (Lipinski definition) is 1. The minimum atomic E-state index is -0.832. The molecule has 1 saturated carbocycles. The Morgan fingerprint density at radius 2 is 2.00 bits per heavy atom. The van der Waals surface area contributed by atoms with Crippen LogP contribution in [0.4, 0.5) is 4.39 Å². The molecule has 0 amide bonds. The van der Waals surface area contributed by atoms with Gasteiger partial charge in [-0.05, 0) is 48.3 Å². The van der Waals surface area contributed by atoms with Crippen LogP contribution in [0, 0.1) is 23.1 Å². The van der Waals surface area contributed by atoms with E-state index in [4.69, 9.17) is 11.6 Å². The molecule has 0 aliphatic heterocycles. The Kier molecular flexibility index (Phi) is 4.62. The number of halogens is 2. The van der Waals surface area contributed by atoms with Crippen LogP contribution >= 0.6 is 11.6 Å². The van der Waals surface area contributed by atoms with Gasteiger partial charge < -0.3 is 5.11 Å². The van der Waals surface area contributed by atoms with Crippen molar-refractivity contribution in [2.24, 2.45) is 17.3 Å². The zero-order valence-corrected chi connectivity index (χ0v) is 13.5. The molecule has 2 nitrogen and oxygen atoms in total. The minimum Gasteiger partial charge on any atom is -0.481 e. The average Bonchev–Trinajstić information content (AvgIpc) is 2.37. The Balaban J connectivity index is 2.36. The molecule has 0 heterocycles. The molecule has 0 bridgehead atoms. The fourth-order valence-corrected chi connectivity index (χ4v) is 3.56. The van der Waals surface area contributed by atoms with Gasteiger partial charge in [-0.2, -0.15) is 0 Å². The predicted octanol–water partition coefficient (Wildman–Crippen LogP) is 5.11. The molecule has 0 radical (unpaired) electrons. The van der Waals surface area contributed by atoms with Gasteiger partial charge in [0.25, 0.3) is 0 Å². The number of hydrogen-bond donors (Lipinski definition) is 1. The molecule has 116 valence electrons. The first-order chi connectivity index (χ1) is 9.70. The van der Waals surface area contributed by atoms with Crippen molar-refractivity contribution in [2.45, 2.75) is 46.0 Å². The van der Waals surface area contributed by atoms with Crippen LogP contribution in [0.25, 0.3) is 0 Å². The molecule has 1 aromatic carbocycles. The maximum absolute atomic E-state index is 14.2. The van der Waals surface area contributed by atoms with E-state index < -0.39 is 17.7 Å². The third kappa shape index (κ3) is 3.57. The fraction of sp³-hybridized carbons (Fsp3) is 0.588. The Labute approximate surface area is 130 Å². The average molecular weight is 313 g/mol. The lowest BCUT2D eigenvalue weighted by atomic mass is 9.64. The molecule has 3 unspecified atom stereocenters. The SMILES string of the molecule is CC(C)(C)C1CCC(C(=O)O)C(c2ccc(Cl)cc2F)C1. The van der Waals surface area contributed by atoms with E-state index in [1.165, 1.54) is 6.07 Å². The van der Waals surface area contributed by atoms with Crippen LogP contribution in [0.15, 0.2) is 18.2 Å². The summed E-state index contributed by atoms with van der Waals surface area (Å²) in [6, 6.07) is 4.55. The fourth-order valence-electron chi connectivity index (χ4n) is 3.40. The van der Waals surface area contributed by atoms with Crippen molar-refractivity contribution in [3.63, 3.8) is 0 Å². The van der Waals surface area contributed by atoms with Crippen molar-refractivity contribution in [1.29, 1.82) is 0 Å². The van der Waals surface area contributed by atoms with Gasteiger partial charge in [0.2, 0.25) is 0 Å². The van der Waals surface area contributed by atoms with E-state index in [0.29, 0.717) is 29.3 Å². The summed E-state index contributed by atoms with van der Waals surface area (Å²) in [5, 5.41) is 9.80. The topological polar surface area (TPSA) is 37.3 Å². The van der Waals surface area contributed by atoms with Crippen molar-refractivity contribution in [2.75, 3.05) is 0 Å². The second kappa shape index (κ2) is 5.96. The summed E-state index contributed by atoms with van der Waals surface area (Å²) >= 11 is 5.80. The lowest BCUT2D eigenvalue weighted by molar-refractivity contribution is -0.144. The zero-order chi connectivity index (χ0) is 15.8. The smallest absolute Gasteiger partial charge is 0.307 e. The quantitative estimate of drug-likeness (QED) is 0.824. The van der Waals surface area contributed by atoms with E-state index in [1.54, 1.807) is 12.1 Å². The first-order valence-electron chi connectivity index (χ1n) is 7.38. The van der Waals surface area contributed by atoms with Gasteiger partial charge in [0, 0.05) is 10.9 Å². The second-order valence-electron chi connectivity index (χ2n) is 7.09. The van der Waals surface area contributed by atoms with Crippen molar-refractivity contribution in [3.05, 3.63) is 34.6 Å². The third-order valence-corrected chi connectivity index (χ3v) is 4.99. The summed E-state index contributed by atoms with van der Waals surface area (Å²) in [4.78, 5) is 11.5. The largest absolute Gasteiger partial charge is 0.481 e. The highest BCUT2D eigenvalue weighted by Crippen LogP contribution is 2.47. The molecule has 0 aromatic heterocycles. The standard InChI is InChI=1S/C17H22ClFO2/c1-17(2,3)10-4-6-13(16(20)21)14(8-10)12-7-5-11(18)9-15(12)19/h5,7,9-10,13-14H,4,6,8H2,1-3H3,(H,20,21). The molecule has 4 heteroatoms. The highest BCUT2D eigenvalue weighted by molar-refractivity contribution is 6.30. The molecular formula is C17H22ClFO2. The minimum absolute atomic E-state index is 0.102. The highest BCUT2D eigenvalue weighted by atomic mass is 35.5. The van der Waals surface area contributed by atoms with Crippen molar-refractivity contribution in [3.8, 4) is 0 Å². The molecule has 1 aromatic rings. The Morgan fingerprint density at radius 3 is 2.52 bits per heavy atom. The molecule has 1 aliphatic rings. The summed E-state index contributed by atoms with van der Waals surface area (Å²) in [5.74, 6) is -1.62.